The quantitative estimate of drug-likeness (QED) is 0.381. The van der Waals surface area contributed by atoms with Gasteiger partial charge in [0.05, 0.1) is 25.5 Å². The van der Waals surface area contributed by atoms with E-state index in [0.717, 1.165) is 41.4 Å². The fourth-order valence-corrected chi connectivity index (χ4v) is 3.90. The smallest absolute Gasteiger partial charge is 0.179 e. The first kappa shape index (κ1) is 20.6. The maximum atomic E-state index is 6.05. The highest BCUT2D eigenvalue weighted by molar-refractivity contribution is 6.30. The summed E-state index contributed by atoms with van der Waals surface area (Å²) in [7, 11) is 0. The van der Waals surface area contributed by atoms with Gasteiger partial charge >= 0.3 is 0 Å². The van der Waals surface area contributed by atoms with Crippen LogP contribution < -0.4 is 4.90 Å². The van der Waals surface area contributed by atoms with E-state index in [-0.39, 0.29) is 0 Å². The molecule has 162 valence electrons. The van der Waals surface area contributed by atoms with Gasteiger partial charge in [0.15, 0.2) is 11.5 Å². The van der Waals surface area contributed by atoms with E-state index in [9.17, 15) is 0 Å². The molecule has 0 atom stereocenters. The fourth-order valence-electron chi connectivity index (χ4n) is 3.78. The van der Waals surface area contributed by atoms with E-state index in [0.29, 0.717) is 30.6 Å². The van der Waals surface area contributed by atoms with Crippen molar-refractivity contribution in [2.45, 2.75) is 13.5 Å². The van der Waals surface area contributed by atoms with E-state index in [2.05, 4.69) is 40.3 Å². The zero-order valence-corrected chi connectivity index (χ0v) is 18.5. The lowest BCUT2D eigenvalue weighted by Crippen LogP contribution is -2.37. The Bertz CT molecular complexity index is 1260. The molecule has 0 aliphatic carbocycles. The summed E-state index contributed by atoms with van der Waals surface area (Å²) in [6, 6.07) is 19.8. The first-order valence-corrected chi connectivity index (χ1v) is 11.0. The minimum absolute atomic E-state index is 0.511. The molecule has 7 nitrogen and oxygen atoms in total. The number of halogens is 1. The number of hydrogen-bond donors (Lipinski definition) is 0. The van der Waals surface area contributed by atoms with Crippen molar-refractivity contribution < 1.29 is 4.74 Å². The summed E-state index contributed by atoms with van der Waals surface area (Å²) in [5, 5.41) is 14.3. The number of morpholine rings is 1. The van der Waals surface area contributed by atoms with E-state index >= 15 is 0 Å². The largest absolute Gasteiger partial charge is 0.378 e. The summed E-state index contributed by atoms with van der Waals surface area (Å²) in [5.74, 6) is 1.50. The molecular formula is C24H23ClN6O. The van der Waals surface area contributed by atoms with Crippen LogP contribution in [0.3, 0.4) is 0 Å². The van der Waals surface area contributed by atoms with Crippen molar-refractivity contribution in [1.82, 2.24) is 14.6 Å². The molecule has 1 aliphatic heterocycles. The van der Waals surface area contributed by atoms with Crippen molar-refractivity contribution in [1.29, 1.82) is 0 Å². The van der Waals surface area contributed by atoms with Crippen LogP contribution in [0.1, 0.15) is 11.1 Å². The van der Waals surface area contributed by atoms with Crippen LogP contribution in [-0.2, 0) is 11.3 Å². The van der Waals surface area contributed by atoms with Gasteiger partial charge in [-0.2, -0.15) is 14.7 Å². The lowest BCUT2D eigenvalue weighted by atomic mass is 10.1. The molecule has 0 spiro atoms. The Hall–Kier alpha value is -3.29. The van der Waals surface area contributed by atoms with Gasteiger partial charge in [0.1, 0.15) is 5.82 Å². The Balaban J connectivity index is 1.51. The molecule has 3 heterocycles. The molecule has 32 heavy (non-hydrogen) atoms. The third-order valence-electron chi connectivity index (χ3n) is 5.38. The van der Waals surface area contributed by atoms with Crippen LogP contribution in [0.15, 0.2) is 70.9 Å². The van der Waals surface area contributed by atoms with Gasteiger partial charge in [-0.1, -0.05) is 53.6 Å². The molecule has 4 aromatic rings. The van der Waals surface area contributed by atoms with Gasteiger partial charge in [0.25, 0.3) is 0 Å². The number of aryl methyl sites for hydroxylation is 1. The number of fused-ring (bicyclic) bond motifs is 1. The average molecular weight is 447 g/mol. The maximum absolute atomic E-state index is 6.05. The fraction of sp³-hybridized carbons (Fsp3) is 0.250. The first-order valence-electron chi connectivity index (χ1n) is 10.6. The Morgan fingerprint density at radius 1 is 1.03 bits per heavy atom. The summed E-state index contributed by atoms with van der Waals surface area (Å²) in [5.41, 5.74) is 4.87. The molecule has 1 aliphatic rings. The van der Waals surface area contributed by atoms with Crippen molar-refractivity contribution in [3.8, 4) is 11.3 Å². The zero-order valence-electron chi connectivity index (χ0n) is 17.8. The Labute approximate surface area is 191 Å². The standard InChI is InChI=1S/C24H23ClN6O/c1-17-3-2-4-18(13-17)16-26-28-22-15-24(30-9-11-32-12-10-30)31-23(27-22)14-21(29-31)19-5-7-20(25)8-6-19/h2-8,13-15H,9-12,16H2,1H3. The van der Waals surface area contributed by atoms with Crippen molar-refractivity contribution in [2.75, 3.05) is 31.2 Å². The lowest BCUT2D eigenvalue weighted by Gasteiger charge is -2.28. The second-order valence-electron chi connectivity index (χ2n) is 7.77. The van der Waals surface area contributed by atoms with Crippen LogP contribution in [0.4, 0.5) is 11.6 Å². The van der Waals surface area contributed by atoms with Crippen molar-refractivity contribution in [3.63, 3.8) is 0 Å². The highest BCUT2D eigenvalue weighted by Gasteiger charge is 2.18. The Morgan fingerprint density at radius 2 is 1.84 bits per heavy atom. The molecule has 0 N–H and O–H groups in total. The van der Waals surface area contributed by atoms with Crippen molar-refractivity contribution in [3.05, 3.63) is 76.8 Å². The average Bonchev–Trinajstić information content (AvgIpc) is 3.24. The predicted molar refractivity (Wildman–Crippen MR) is 126 cm³/mol. The lowest BCUT2D eigenvalue weighted by molar-refractivity contribution is 0.122. The number of anilines is 1. The van der Waals surface area contributed by atoms with Crippen molar-refractivity contribution >= 4 is 28.9 Å². The van der Waals surface area contributed by atoms with Crippen LogP contribution in [0, 0.1) is 6.92 Å². The molecule has 0 amide bonds. The van der Waals surface area contributed by atoms with Crippen LogP contribution in [-0.4, -0.2) is 40.9 Å². The van der Waals surface area contributed by atoms with Gasteiger partial charge in [0, 0.05) is 35.8 Å². The molecule has 2 aromatic heterocycles. The third-order valence-corrected chi connectivity index (χ3v) is 5.63. The normalized spacial score (nSPS) is 14.5. The minimum Gasteiger partial charge on any atom is -0.378 e. The monoisotopic (exact) mass is 446 g/mol. The molecule has 5 rings (SSSR count). The highest BCUT2D eigenvalue weighted by atomic mass is 35.5. The van der Waals surface area contributed by atoms with Gasteiger partial charge in [-0.25, -0.2) is 4.98 Å². The van der Waals surface area contributed by atoms with E-state index in [1.807, 2.05) is 47.0 Å². The van der Waals surface area contributed by atoms with Crippen LogP contribution in [0.25, 0.3) is 16.9 Å². The maximum Gasteiger partial charge on any atom is 0.179 e. The molecule has 0 saturated carbocycles. The molecular weight excluding hydrogens is 424 g/mol. The molecule has 2 aromatic carbocycles. The molecule has 0 bridgehead atoms. The number of nitrogens with zero attached hydrogens (tertiary/aromatic N) is 6. The van der Waals surface area contributed by atoms with E-state index in [4.69, 9.17) is 26.4 Å². The second-order valence-corrected chi connectivity index (χ2v) is 8.20. The van der Waals surface area contributed by atoms with Crippen LogP contribution in [0.5, 0.6) is 0 Å². The van der Waals surface area contributed by atoms with Crippen LogP contribution in [0.2, 0.25) is 5.02 Å². The second kappa shape index (κ2) is 9.06. The van der Waals surface area contributed by atoms with Crippen LogP contribution >= 0.6 is 11.6 Å². The summed E-state index contributed by atoms with van der Waals surface area (Å²) in [6.07, 6.45) is 0. The topological polar surface area (TPSA) is 67.4 Å². The minimum atomic E-state index is 0.511. The van der Waals surface area contributed by atoms with Gasteiger partial charge in [0.2, 0.25) is 0 Å². The Kier molecular flexibility index (Phi) is 5.83. The molecule has 1 saturated heterocycles. The SMILES string of the molecule is Cc1cccc(CN=Nc2cc(N3CCOCC3)n3nc(-c4ccc(Cl)cc4)cc3n2)c1. The van der Waals surface area contributed by atoms with Crippen molar-refractivity contribution in [2.24, 2.45) is 10.2 Å². The highest BCUT2D eigenvalue weighted by Crippen LogP contribution is 2.27. The number of aromatic nitrogens is 3. The molecule has 8 heteroatoms. The number of hydrogen-bond acceptors (Lipinski definition) is 6. The summed E-state index contributed by atoms with van der Waals surface area (Å²) >= 11 is 6.05. The Morgan fingerprint density at radius 3 is 2.62 bits per heavy atom. The molecule has 0 radical (unpaired) electrons. The van der Waals surface area contributed by atoms with E-state index in [1.54, 1.807) is 0 Å². The van der Waals surface area contributed by atoms with Gasteiger partial charge in [-0.15, -0.1) is 5.11 Å². The van der Waals surface area contributed by atoms with Gasteiger partial charge in [-0.3, -0.25) is 0 Å². The predicted octanol–water partition coefficient (Wildman–Crippen LogP) is 5.48. The number of rotatable bonds is 5. The molecule has 1 fully saturated rings. The van der Waals surface area contributed by atoms with Gasteiger partial charge in [-0.05, 0) is 24.6 Å². The summed E-state index contributed by atoms with van der Waals surface area (Å²) in [6.45, 7) is 5.52. The third kappa shape index (κ3) is 4.49. The number of benzene rings is 2. The zero-order chi connectivity index (χ0) is 21.9. The molecule has 0 unspecified atom stereocenters. The van der Waals surface area contributed by atoms with E-state index in [1.165, 1.54) is 5.56 Å². The van der Waals surface area contributed by atoms with Gasteiger partial charge < -0.3 is 9.64 Å². The number of azo groups is 1. The van der Waals surface area contributed by atoms with E-state index < -0.39 is 0 Å². The number of ether oxygens (including phenoxy) is 1. The summed E-state index contributed by atoms with van der Waals surface area (Å²) < 4.78 is 7.40. The first-order chi connectivity index (χ1) is 15.7. The summed E-state index contributed by atoms with van der Waals surface area (Å²) in [4.78, 5) is 6.95.